The topological polar surface area (TPSA) is 78.9 Å². The van der Waals surface area contributed by atoms with Gasteiger partial charge in [-0.1, -0.05) is 48.3 Å². The van der Waals surface area contributed by atoms with E-state index < -0.39 is 5.41 Å². The minimum Gasteiger partial charge on any atom is -0.396 e. The lowest BCUT2D eigenvalue weighted by Crippen LogP contribution is -2.66. The SMILES string of the molecule is COC1CCCCC1CN1C(=O)C2=C(CCCC2)[C@](CC2CCCCC2I)(C(=O)NC(C)C)[C@@H]1C1CCC(CO)CC1. The molecule has 5 rings (SSSR count). The van der Waals surface area contributed by atoms with Crippen molar-refractivity contribution in [3.8, 4) is 0 Å². The highest BCUT2D eigenvalue weighted by Crippen LogP contribution is 2.56. The molecule has 0 aromatic carbocycles. The number of rotatable bonds is 9. The van der Waals surface area contributed by atoms with Crippen LogP contribution in [0, 0.1) is 29.1 Å². The third kappa shape index (κ3) is 6.63. The van der Waals surface area contributed by atoms with Crippen LogP contribution in [0.3, 0.4) is 0 Å². The zero-order valence-corrected chi connectivity index (χ0v) is 28.7. The Hall–Kier alpha value is -0.670. The second-order valence-corrected chi connectivity index (χ2v) is 16.3. The molecule has 0 saturated heterocycles. The molecule has 0 bridgehead atoms. The number of aliphatic hydroxyl groups is 1. The number of carbonyl (C=O) groups excluding carboxylic acids is 2. The van der Waals surface area contributed by atoms with Crippen molar-refractivity contribution in [2.75, 3.05) is 20.3 Å². The molecule has 4 unspecified atom stereocenters. The quantitative estimate of drug-likeness (QED) is 0.202. The molecule has 1 aliphatic heterocycles. The number of alkyl halides is 1. The summed E-state index contributed by atoms with van der Waals surface area (Å²) in [6, 6.07) is -0.0676. The van der Waals surface area contributed by atoms with Crippen LogP contribution in [0.5, 0.6) is 0 Å². The third-order valence-corrected chi connectivity index (χ3v) is 13.4. The summed E-state index contributed by atoms with van der Waals surface area (Å²) in [6.45, 7) is 5.11. The maximum absolute atomic E-state index is 15.1. The van der Waals surface area contributed by atoms with Crippen LogP contribution in [-0.4, -0.2) is 64.2 Å². The van der Waals surface area contributed by atoms with Crippen LogP contribution < -0.4 is 5.32 Å². The molecule has 2 N–H and O–H groups in total. The maximum Gasteiger partial charge on any atom is 0.250 e. The number of nitrogens with zero attached hydrogens (tertiary/aromatic N) is 1. The largest absolute Gasteiger partial charge is 0.396 e. The maximum atomic E-state index is 15.1. The highest BCUT2D eigenvalue weighted by atomic mass is 127. The van der Waals surface area contributed by atoms with E-state index in [1.807, 2.05) is 7.11 Å². The zero-order valence-electron chi connectivity index (χ0n) is 26.6. The predicted molar refractivity (Wildman–Crippen MR) is 176 cm³/mol. The first-order valence-corrected chi connectivity index (χ1v) is 18.7. The first-order chi connectivity index (χ1) is 20.3. The summed E-state index contributed by atoms with van der Waals surface area (Å²) in [7, 11) is 1.83. The van der Waals surface area contributed by atoms with E-state index >= 15 is 4.79 Å². The van der Waals surface area contributed by atoms with Gasteiger partial charge in [0.25, 0.3) is 0 Å². The minimum absolute atomic E-state index is 0.0526. The smallest absolute Gasteiger partial charge is 0.250 e. The Balaban J connectivity index is 1.66. The highest BCUT2D eigenvalue weighted by molar-refractivity contribution is 14.1. The van der Waals surface area contributed by atoms with Gasteiger partial charge in [0.15, 0.2) is 0 Å². The number of hydrogen-bond acceptors (Lipinski definition) is 4. The molecule has 3 saturated carbocycles. The number of methoxy groups -OCH3 is 1. The van der Waals surface area contributed by atoms with Crippen LogP contribution in [-0.2, 0) is 14.3 Å². The number of ether oxygens (including phenoxy) is 1. The van der Waals surface area contributed by atoms with Gasteiger partial charge < -0.3 is 20.1 Å². The fourth-order valence-corrected chi connectivity index (χ4v) is 10.7. The van der Waals surface area contributed by atoms with Crippen LogP contribution in [0.1, 0.15) is 123 Å². The number of carbonyl (C=O) groups is 2. The molecule has 4 aliphatic carbocycles. The summed E-state index contributed by atoms with van der Waals surface area (Å²) in [5.41, 5.74) is 1.52. The van der Waals surface area contributed by atoms with Gasteiger partial charge in [0, 0.05) is 41.7 Å². The lowest BCUT2D eigenvalue weighted by Gasteiger charge is -2.57. The molecule has 238 valence electrons. The minimum atomic E-state index is -0.673. The Kier molecular flexibility index (Phi) is 11.4. The van der Waals surface area contributed by atoms with Crippen molar-refractivity contribution in [3.05, 3.63) is 11.1 Å². The summed E-state index contributed by atoms with van der Waals surface area (Å²) in [5, 5.41) is 13.5. The van der Waals surface area contributed by atoms with E-state index in [2.05, 4.69) is 46.7 Å². The average Bonchev–Trinajstić information content (AvgIpc) is 3.00. The van der Waals surface area contributed by atoms with Crippen molar-refractivity contribution in [1.82, 2.24) is 10.2 Å². The average molecular weight is 697 g/mol. The third-order valence-electron chi connectivity index (χ3n) is 11.8. The Labute approximate surface area is 268 Å². The van der Waals surface area contributed by atoms with Gasteiger partial charge in [0.05, 0.1) is 17.6 Å². The van der Waals surface area contributed by atoms with E-state index in [4.69, 9.17) is 4.74 Å². The Morgan fingerprint density at radius 2 is 1.64 bits per heavy atom. The molecular weight excluding hydrogens is 639 g/mol. The summed E-state index contributed by atoms with van der Waals surface area (Å²) in [6.07, 6.45) is 18.2. The van der Waals surface area contributed by atoms with Crippen molar-refractivity contribution in [2.24, 2.45) is 29.1 Å². The molecule has 3 fully saturated rings. The fraction of sp³-hybridized carbons (Fsp3) is 0.886. The number of aliphatic hydroxyl groups excluding tert-OH is 1. The summed E-state index contributed by atoms with van der Waals surface area (Å²) in [5.74, 6) is 1.81. The molecule has 1 heterocycles. The van der Waals surface area contributed by atoms with Gasteiger partial charge in [-0.3, -0.25) is 9.59 Å². The normalized spacial score (nSPS) is 38.0. The van der Waals surface area contributed by atoms with Gasteiger partial charge in [-0.2, -0.15) is 0 Å². The van der Waals surface area contributed by atoms with Crippen LogP contribution in [0.4, 0.5) is 0 Å². The standard InChI is InChI=1S/C35H57IN2O4/c1-23(2)37-34(41)35(20-26-10-4-8-14-30(26)36)29-13-7-6-12-28(29)33(40)38(21-27-11-5-9-15-31(27)42-3)32(35)25-18-16-24(22-39)17-19-25/h23-27,30-32,39H,4-22H2,1-3H3,(H,37,41)/t24?,25?,26?,27?,30?,31?,32-,35-/m0/s1. The molecule has 0 radical (unpaired) electrons. The molecule has 5 aliphatic rings. The molecule has 0 spiro atoms. The van der Waals surface area contributed by atoms with E-state index in [0.717, 1.165) is 76.2 Å². The van der Waals surface area contributed by atoms with Crippen molar-refractivity contribution >= 4 is 34.4 Å². The van der Waals surface area contributed by atoms with Gasteiger partial charge in [0.1, 0.15) is 0 Å². The summed E-state index contributed by atoms with van der Waals surface area (Å²) < 4.78 is 6.60. The fourth-order valence-electron chi connectivity index (χ4n) is 9.67. The van der Waals surface area contributed by atoms with Crippen molar-refractivity contribution < 1.29 is 19.4 Å². The predicted octanol–water partition coefficient (Wildman–Crippen LogP) is 6.97. The van der Waals surface area contributed by atoms with E-state index in [9.17, 15) is 9.90 Å². The van der Waals surface area contributed by atoms with Crippen LogP contribution in [0.25, 0.3) is 0 Å². The Morgan fingerprint density at radius 1 is 0.976 bits per heavy atom. The van der Waals surface area contributed by atoms with E-state index in [1.54, 1.807) is 0 Å². The van der Waals surface area contributed by atoms with Crippen molar-refractivity contribution in [3.63, 3.8) is 0 Å². The van der Waals surface area contributed by atoms with Gasteiger partial charge >= 0.3 is 0 Å². The first kappa shape index (κ1) is 32.7. The summed E-state index contributed by atoms with van der Waals surface area (Å²) in [4.78, 5) is 32.1. The second kappa shape index (κ2) is 14.6. The summed E-state index contributed by atoms with van der Waals surface area (Å²) >= 11 is 2.68. The van der Waals surface area contributed by atoms with Gasteiger partial charge in [-0.25, -0.2) is 0 Å². The molecule has 7 heteroatoms. The molecule has 2 amide bonds. The van der Waals surface area contributed by atoms with Crippen LogP contribution in [0.15, 0.2) is 11.1 Å². The molecule has 42 heavy (non-hydrogen) atoms. The number of hydrogen-bond donors (Lipinski definition) is 2. The molecular formula is C35H57IN2O4. The van der Waals surface area contributed by atoms with Gasteiger partial charge in [0.2, 0.25) is 11.8 Å². The lowest BCUT2D eigenvalue weighted by molar-refractivity contribution is -0.150. The van der Waals surface area contributed by atoms with Crippen LogP contribution >= 0.6 is 22.6 Å². The van der Waals surface area contributed by atoms with Crippen LogP contribution in [0.2, 0.25) is 0 Å². The Bertz CT molecular complexity index is 976. The Morgan fingerprint density at radius 3 is 2.31 bits per heavy atom. The van der Waals surface area contributed by atoms with E-state index in [0.29, 0.717) is 28.2 Å². The molecule has 6 nitrogen and oxygen atoms in total. The molecule has 0 aromatic heterocycles. The van der Waals surface area contributed by atoms with E-state index in [-0.39, 0.29) is 42.5 Å². The number of halogens is 1. The van der Waals surface area contributed by atoms with E-state index in [1.165, 1.54) is 44.1 Å². The van der Waals surface area contributed by atoms with Crippen molar-refractivity contribution in [2.45, 2.75) is 145 Å². The first-order valence-electron chi connectivity index (χ1n) is 17.4. The van der Waals surface area contributed by atoms with Gasteiger partial charge in [-0.15, -0.1) is 0 Å². The molecule has 6 atom stereocenters. The zero-order chi connectivity index (χ0) is 29.9. The van der Waals surface area contributed by atoms with Gasteiger partial charge in [-0.05, 0) is 121 Å². The number of amides is 2. The lowest BCUT2D eigenvalue weighted by atomic mass is 9.55. The number of nitrogens with one attached hydrogen (secondary N) is 1. The highest BCUT2D eigenvalue weighted by Gasteiger charge is 2.60. The second-order valence-electron chi connectivity index (χ2n) is 14.7. The monoisotopic (exact) mass is 696 g/mol. The molecule has 0 aromatic rings. The van der Waals surface area contributed by atoms with Crippen molar-refractivity contribution in [1.29, 1.82) is 0 Å².